The fourth-order valence-electron chi connectivity index (χ4n) is 3.52. The van der Waals surface area contributed by atoms with E-state index in [-0.39, 0.29) is 24.0 Å². The minimum Gasteiger partial charge on any atom is -0.496 e. The Kier molecular flexibility index (Phi) is 11.0. The SMILES string of the molecule is CN=C(NCCc1cc(C)ccc1OC)NCCN(C)C1CCCC1.I. The summed E-state index contributed by atoms with van der Waals surface area (Å²) in [4.78, 5) is 6.80. The average molecular weight is 474 g/mol. The summed E-state index contributed by atoms with van der Waals surface area (Å²) in [6, 6.07) is 7.08. The maximum Gasteiger partial charge on any atom is 0.191 e. The molecule has 1 aliphatic rings. The molecule has 0 atom stereocenters. The van der Waals surface area contributed by atoms with Crippen LogP contribution in [0, 0.1) is 6.92 Å². The minimum atomic E-state index is 0. The maximum atomic E-state index is 5.44. The molecule has 2 N–H and O–H groups in total. The summed E-state index contributed by atoms with van der Waals surface area (Å²) in [6.07, 6.45) is 6.37. The number of hydrogen-bond donors (Lipinski definition) is 2. The van der Waals surface area contributed by atoms with Gasteiger partial charge in [0.2, 0.25) is 0 Å². The van der Waals surface area contributed by atoms with E-state index in [2.05, 4.69) is 46.6 Å². The van der Waals surface area contributed by atoms with Crippen molar-refractivity contribution in [2.24, 2.45) is 4.99 Å². The lowest BCUT2D eigenvalue weighted by molar-refractivity contribution is 0.249. The second-order valence-corrected chi connectivity index (χ2v) is 6.91. The molecule has 1 saturated carbocycles. The van der Waals surface area contributed by atoms with Crippen molar-refractivity contribution in [3.63, 3.8) is 0 Å². The van der Waals surface area contributed by atoms with E-state index in [0.29, 0.717) is 0 Å². The molecule has 0 unspecified atom stereocenters. The van der Waals surface area contributed by atoms with Crippen LogP contribution in [0.1, 0.15) is 36.8 Å². The van der Waals surface area contributed by atoms with Crippen molar-refractivity contribution in [3.05, 3.63) is 29.3 Å². The van der Waals surface area contributed by atoms with E-state index in [0.717, 1.165) is 43.8 Å². The van der Waals surface area contributed by atoms with Gasteiger partial charge in [0, 0.05) is 32.7 Å². The van der Waals surface area contributed by atoms with Gasteiger partial charge in [-0.15, -0.1) is 24.0 Å². The van der Waals surface area contributed by atoms with Gasteiger partial charge in [-0.25, -0.2) is 0 Å². The van der Waals surface area contributed by atoms with Crippen LogP contribution in [0.15, 0.2) is 23.2 Å². The Morgan fingerprint density at radius 2 is 1.92 bits per heavy atom. The fourth-order valence-corrected chi connectivity index (χ4v) is 3.52. The zero-order valence-corrected chi connectivity index (χ0v) is 19.0. The molecule has 1 fully saturated rings. The average Bonchev–Trinajstić information content (AvgIpc) is 3.15. The summed E-state index contributed by atoms with van der Waals surface area (Å²) in [5, 5.41) is 6.81. The first-order chi connectivity index (χ1) is 12.1. The van der Waals surface area contributed by atoms with Crippen molar-refractivity contribution in [2.45, 2.75) is 45.1 Å². The molecule has 0 bridgehead atoms. The van der Waals surface area contributed by atoms with Crippen molar-refractivity contribution in [1.29, 1.82) is 0 Å². The van der Waals surface area contributed by atoms with Gasteiger partial charge in [-0.3, -0.25) is 4.99 Å². The predicted molar refractivity (Wildman–Crippen MR) is 121 cm³/mol. The third-order valence-electron chi connectivity index (χ3n) is 5.05. The highest BCUT2D eigenvalue weighted by Gasteiger charge is 2.18. The third kappa shape index (κ3) is 7.31. The number of likely N-dealkylation sites (N-methyl/N-ethyl adjacent to an activating group) is 1. The number of methoxy groups -OCH3 is 1. The molecular formula is C20H35IN4O. The molecule has 0 radical (unpaired) electrons. The monoisotopic (exact) mass is 474 g/mol. The van der Waals surface area contributed by atoms with Crippen LogP contribution in [-0.4, -0.2) is 57.7 Å². The lowest BCUT2D eigenvalue weighted by Crippen LogP contribution is -2.43. The largest absolute Gasteiger partial charge is 0.496 e. The van der Waals surface area contributed by atoms with Crippen LogP contribution in [-0.2, 0) is 6.42 Å². The molecule has 1 aliphatic carbocycles. The van der Waals surface area contributed by atoms with E-state index in [1.165, 1.54) is 36.8 Å². The van der Waals surface area contributed by atoms with Gasteiger partial charge < -0.3 is 20.3 Å². The summed E-state index contributed by atoms with van der Waals surface area (Å²) >= 11 is 0. The number of nitrogens with zero attached hydrogens (tertiary/aromatic N) is 2. The molecule has 0 aromatic heterocycles. The Morgan fingerprint density at radius 3 is 2.58 bits per heavy atom. The standard InChI is InChI=1S/C20H34N4O.HI/c1-16-9-10-19(25-4)17(15-16)11-12-22-20(21-2)23-13-14-24(3)18-7-5-6-8-18;/h9-10,15,18H,5-8,11-14H2,1-4H3,(H2,21,22,23);1H. The molecular weight excluding hydrogens is 439 g/mol. The lowest BCUT2D eigenvalue weighted by atomic mass is 10.1. The van der Waals surface area contributed by atoms with Crippen molar-refractivity contribution in [2.75, 3.05) is 40.8 Å². The maximum absolute atomic E-state index is 5.44. The van der Waals surface area contributed by atoms with Crippen molar-refractivity contribution in [1.82, 2.24) is 15.5 Å². The van der Waals surface area contributed by atoms with E-state index in [1.807, 2.05) is 13.1 Å². The van der Waals surface area contributed by atoms with Gasteiger partial charge in [0.05, 0.1) is 7.11 Å². The summed E-state index contributed by atoms with van der Waals surface area (Å²) in [6.45, 7) is 4.91. The highest BCUT2D eigenvalue weighted by molar-refractivity contribution is 14.0. The Hall–Kier alpha value is -1.02. The van der Waals surface area contributed by atoms with Crippen molar-refractivity contribution < 1.29 is 4.74 Å². The van der Waals surface area contributed by atoms with Gasteiger partial charge in [0.25, 0.3) is 0 Å². The van der Waals surface area contributed by atoms with Gasteiger partial charge >= 0.3 is 0 Å². The first-order valence-corrected chi connectivity index (χ1v) is 9.42. The fraction of sp³-hybridized carbons (Fsp3) is 0.650. The Bertz CT molecular complexity index is 559. The van der Waals surface area contributed by atoms with E-state index >= 15 is 0 Å². The minimum absolute atomic E-state index is 0. The molecule has 2 rings (SSSR count). The third-order valence-corrected chi connectivity index (χ3v) is 5.05. The number of aliphatic imine (C=N–C) groups is 1. The van der Waals surface area contributed by atoms with Crippen LogP contribution < -0.4 is 15.4 Å². The number of benzene rings is 1. The normalized spacial score (nSPS) is 15.0. The van der Waals surface area contributed by atoms with Gasteiger partial charge in [0.1, 0.15) is 5.75 Å². The summed E-state index contributed by atoms with van der Waals surface area (Å²) in [5.41, 5.74) is 2.49. The second-order valence-electron chi connectivity index (χ2n) is 6.91. The molecule has 0 spiro atoms. The van der Waals surface area contributed by atoms with Crippen LogP contribution in [0.4, 0.5) is 0 Å². The zero-order chi connectivity index (χ0) is 18.1. The second kappa shape index (κ2) is 12.4. The highest BCUT2D eigenvalue weighted by atomic mass is 127. The van der Waals surface area contributed by atoms with Crippen LogP contribution in [0.2, 0.25) is 0 Å². The molecule has 26 heavy (non-hydrogen) atoms. The number of guanidine groups is 1. The number of ether oxygens (including phenoxy) is 1. The Labute approximate surface area is 176 Å². The highest BCUT2D eigenvalue weighted by Crippen LogP contribution is 2.22. The first-order valence-electron chi connectivity index (χ1n) is 9.42. The number of hydrogen-bond acceptors (Lipinski definition) is 3. The zero-order valence-electron chi connectivity index (χ0n) is 16.7. The molecule has 148 valence electrons. The predicted octanol–water partition coefficient (Wildman–Crippen LogP) is 3.20. The number of halogens is 1. The van der Waals surface area contributed by atoms with Crippen LogP contribution in [0.25, 0.3) is 0 Å². The lowest BCUT2D eigenvalue weighted by Gasteiger charge is -2.24. The van der Waals surface area contributed by atoms with Gasteiger partial charge in [-0.2, -0.15) is 0 Å². The molecule has 0 saturated heterocycles. The molecule has 0 amide bonds. The summed E-state index contributed by atoms with van der Waals surface area (Å²) in [7, 11) is 5.78. The first kappa shape index (κ1) is 23.0. The van der Waals surface area contributed by atoms with Crippen molar-refractivity contribution in [3.8, 4) is 5.75 Å². The smallest absolute Gasteiger partial charge is 0.191 e. The van der Waals surface area contributed by atoms with E-state index in [1.54, 1.807) is 7.11 Å². The molecule has 0 aliphatic heterocycles. The Morgan fingerprint density at radius 1 is 1.23 bits per heavy atom. The van der Waals surface area contributed by atoms with Crippen molar-refractivity contribution >= 4 is 29.9 Å². The summed E-state index contributed by atoms with van der Waals surface area (Å²) < 4.78 is 5.44. The number of nitrogens with one attached hydrogen (secondary N) is 2. The van der Waals surface area contributed by atoms with Crippen LogP contribution >= 0.6 is 24.0 Å². The number of aryl methyl sites for hydroxylation is 1. The topological polar surface area (TPSA) is 48.9 Å². The van der Waals surface area contributed by atoms with Crippen LogP contribution in [0.5, 0.6) is 5.75 Å². The molecule has 1 aromatic rings. The molecule has 5 nitrogen and oxygen atoms in total. The van der Waals surface area contributed by atoms with E-state index in [9.17, 15) is 0 Å². The quantitative estimate of drug-likeness (QED) is 0.345. The van der Waals surface area contributed by atoms with Crippen LogP contribution in [0.3, 0.4) is 0 Å². The van der Waals surface area contributed by atoms with E-state index in [4.69, 9.17) is 4.74 Å². The Balaban J connectivity index is 0.00000338. The number of rotatable bonds is 8. The van der Waals surface area contributed by atoms with Gasteiger partial charge in [0.15, 0.2) is 5.96 Å². The molecule has 0 heterocycles. The molecule has 1 aromatic carbocycles. The van der Waals surface area contributed by atoms with Gasteiger partial charge in [-0.1, -0.05) is 30.5 Å². The summed E-state index contributed by atoms with van der Waals surface area (Å²) in [5.74, 6) is 1.82. The molecule has 6 heteroatoms. The van der Waals surface area contributed by atoms with Gasteiger partial charge in [-0.05, 0) is 44.9 Å². The van der Waals surface area contributed by atoms with E-state index < -0.39 is 0 Å².